The zero-order chi connectivity index (χ0) is 17.9. The van der Waals surface area contributed by atoms with E-state index >= 15 is 0 Å². The Kier molecular flexibility index (Phi) is 4.54. The molecule has 5 nitrogen and oxygen atoms in total. The molecule has 0 bridgehead atoms. The minimum absolute atomic E-state index is 0.0922. The van der Waals surface area contributed by atoms with Crippen molar-refractivity contribution in [2.24, 2.45) is 0 Å². The van der Waals surface area contributed by atoms with Crippen molar-refractivity contribution in [2.75, 3.05) is 5.32 Å². The Bertz CT molecular complexity index is 918. The van der Waals surface area contributed by atoms with Crippen LogP contribution in [0.4, 0.5) is 5.69 Å². The Labute approximate surface area is 152 Å². The molecule has 4 rings (SSSR count). The highest BCUT2D eigenvalue weighted by Crippen LogP contribution is 2.26. The van der Waals surface area contributed by atoms with Crippen molar-refractivity contribution in [3.8, 4) is 11.3 Å². The zero-order valence-electron chi connectivity index (χ0n) is 14.7. The van der Waals surface area contributed by atoms with Crippen molar-refractivity contribution < 1.29 is 9.21 Å². The Balaban J connectivity index is 1.41. The number of aromatic nitrogens is 1. The predicted molar refractivity (Wildman–Crippen MR) is 101 cm³/mol. The second-order valence-electron chi connectivity index (χ2n) is 6.55. The molecule has 1 aliphatic heterocycles. The molecule has 0 fully saturated rings. The van der Waals surface area contributed by atoms with E-state index in [0.717, 1.165) is 23.4 Å². The molecule has 3 aromatic rings. The quantitative estimate of drug-likeness (QED) is 0.730. The minimum atomic E-state index is 0.0922. The van der Waals surface area contributed by atoms with Crippen molar-refractivity contribution >= 4 is 11.6 Å². The maximum absolute atomic E-state index is 11.5. The van der Waals surface area contributed by atoms with E-state index in [0.29, 0.717) is 18.9 Å². The van der Waals surface area contributed by atoms with Crippen molar-refractivity contribution in [2.45, 2.75) is 32.4 Å². The predicted octanol–water partition coefficient (Wildman–Crippen LogP) is 4.08. The fourth-order valence-electron chi connectivity index (χ4n) is 3.16. The summed E-state index contributed by atoms with van der Waals surface area (Å²) in [4.78, 5) is 15.8. The monoisotopic (exact) mass is 347 g/mol. The highest BCUT2D eigenvalue weighted by atomic mass is 16.4. The van der Waals surface area contributed by atoms with Crippen LogP contribution in [0, 0.1) is 0 Å². The van der Waals surface area contributed by atoms with Gasteiger partial charge in [-0.25, -0.2) is 4.98 Å². The first-order valence-corrected chi connectivity index (χ1v) is 8.85. The largest absolute Gasteiger partial charge is 0.439 e. The summed E-state index contributed by atoms with van der Waals surface area (Å²) in [5.74, 6) is 1.54. The van der Waals surface area contributed by atoms with Crippen LogP contribution in [0.3, 0.4) is 0 Å². The molecule has 1 aliphatic rings. The molecule has 1 aromatic heterocycles. The summed E-state index contributed by atoms with van der Waals surface area (Å²) in [6.45, 7) is 2.67. The molecule has 1 unspecified atom stereocenters. The van der Waals surface area contributed by atoms with E-state index in [9.17, 15) is 4.79 Å². The fraction of sp³-hybridized carbons (Fsp3) is 0.238. The average Bonchev–Trinajstić information content (AvgIpc) is 3.15. The Morgan fingerprint density at radius 3 is 2.88 bits per heavy atom. The lowest BCUT2D eigenvalue weighted by atomic mass is 9.98. The van der Waals surface area contributed by atoms with Gasteiger partial charge in [-0.2, -0.15) is 0 Å². The lowest BCUT2D eigenvalue weighted by Gasteiger charge is -2.20. The molecule has 2 heterocycles. The Hall–Kier alpha value is -2.92. The molecule has 0 aliphatic carbocycles. The number of nitrogens with one attached hydrogen (secondary N) is 2. The van der Waals surface area contributed by atoms with Gasteiger partial charge in [0.15, 0.2) is 5.76 Å². The van der Waals surface area contributed by atoms with Crippen LogP contribution in [0.1, 0.15) is 36.4 Å². The third-order valence-electron chi connectivity index (χ3n) is 4.70. The van der Waals surface area contributed by atoms with Crippen LogP contribution >= 0.6 is 0 Å². The van der Waals surface area contributed by atoms with Crippen molar-refractivity contribution in [1.29, 1.82) is 0 Å². The van der Waals surface area contributed by atoms with E-state index in [1.165, 1.54) is 11.1 Å². The number of carbonyl (C=O) groups is 1. The number of amides is 1. The molecule has 0 radical (unpaired) electrons. The molecular weight excluding hydrogens is 326 g/mol. The van der Waals surface area contributed by atoms with E-state index in [-0.39, 0.29) is 11.9 Å². The van der Waals surface area contributed by atoms with E-state index in [1.54, 1.807) is 6.20 Å². The van der Waals surface area contributed by atoms with Gasteiger partial charge in [-0.3, -0.25) is 4.79 Å². The number of carbonyl (C=O) groups excluding carboxylic acids is 1. The summed E-state index contributed by atoms with van der Waals surface area (Å²) < 4.78 is 5.84. The summed E-state index contributed by atoms with van der Waals surface area (Å²) >= 11 is 0. The number of rotatable bonds is 5. The van der Waals surface area contributed by atoms with Crippen LogP contribution in [-0.2, 0) is 17.8 Å². The number of hydrogen-bond acceptors (Lipinski definition) is 4. The SMILES string of the molecule is CC(NCc1ncc(-c2ccccc2)o1)c1ccc2c(c1)CCC(=O)N2. The molecule has 1 atom stereocenters. The summed E-state index contributed by atoms with van der Waals surface area (Å²) in [7, 11) is 0. The molecule has 0 saturated heterocycles. The second-order valence-corrected chi connectivity index (χ2v) is 6.55. The molecule has 5 heteroatoms. The van der Waals surface area contributed by atoms with E-state index < -0.39 is 0 Å². The highest BCUT2D eigenvalue weighted by Gasteiger charge is 2.16. The third-order valence-corrected chi connectivity index (χ3v) is 4.70. The molecule has 0 spiro atoms. The van der Waals surface area contributed by atoms with Gasteiger partial charge in [0.2, 0.25) is 11.8 Å². The Morgan fingerprint density at radius 2 is 2.04 bits per heavy atom. The molecule has 2 aromatic carbocycles. The average molecular weight is 347 g/mol. The van der Waals surface area contributed by atoms with Gasteiger partial charge in [0.05, 0.1) is 12.7 Å². The van der Waals surface area contributed by atoms with Gasteiger partial charge >= 0.3 is 0 Å². The molecule has 1 amide bonds. The van der Waals surface area contributed by atoms with Gasteiger partial charge in [0.25, 0.3) is 0 Å². The molecule has 132 valence electrons. The van der Waals surface area contributed by atoms with Gasteiger partial charge in [0, 0.05) is 23.7 Å². The zero-order valence-corrected chi connectivity index (χ0v) is 14.7. The number of anilines is 1. The summed E-state index contributed by atoms with van der Waals surface area (Å²) in [5.41, 5.74) is 4.33. The first-order chi connectivity index (χ1) is 12.7. The maximum Gasteiger partial charge on any atom is 0.224 e. The first-order valence-electron chi connectivity index (χ1n) is 8.85. The van der Waals surface area contributed by atoms with Crippen LogP contribution in [-0.4, -0.2) is 10.9 Å². The summed E-state index contributed by atoms with van der Waals surface area (Å²) in [6, 6.07) is 16.3. The standard InChI is InChI=1S/C21H21N3O2/c1-14(16-7-9-18-17(11-16)8-10-20(25)24-18)22-13-21-23-12-19(26-21)15-5-3-2-4-6-15/h2-7,9,11-12,14,22H,8,10,13H2,1H3,(H,24,25). The normalized spacial score (nSPS) is 14.6. The second kappa shape index (κ2) is 7.14. The van der Waals surface area contributed by atoms with Crippen LogP contribution in [0.5, 0.6) is 0 Å². The van der Waals surface area contributed by atoms with Gasteiger partial charge in [-0.15, -0.1) is 0 Å². The molecule has 0 saturated carbocycles. The summed E-state index contributed by atoms with van der Waals surface area (Å²) in [5, 5.41) is 6.37. The number of oxazole rings is 1. The lowest BCUT2D eigenvalue weighted by molar-refractivity contribution is -0.116. The van der Waals surface area contributed by atoms with Crippen LogP contribution < -0.4 is 10.6 Å². The van der Waals surface area contributed by atoms with Gasteiger partial charge in [-0.05, 0) is 30.5 Å². The lowest BCUT2D eigenvalue weighted by Crippen LogP contribution is -2.21. The third kappa shape index (κ3) is 3.53. The number of aryl methyl sites for hydroxylation is 1. The van der Waals surface area contributed by atoms with Crippen LogP contribution in [0.2, 0.25) is 0 Å². The van der Waals surface area contributed by atoms with Gasteiger partial charge in [0.1, 0.15) is 0 Å². The maximum atomic E-state index is 11.5. The van der Waals surface area contributed by atoms with E-state index in [1.807, 2.05) is 42.5 Å². The van der Waals surface area contributed by atoms with Crippen LogP contribution in [0.25, 0.3) is 11.3 Å². The number of nitrogens with zero attached hydrogens (tertiary/aromatic N) is 1. The number of hydrogen-bond donors (Lipinski definition) is 2. The molecule has 2 N–H and O–H groups in total. The topological polar surface area (TPSA) is 67.2 Å². The number of fused-ring (bicyclic) bond motifs is 1. The van der Waals surface area contributed by atoms with Gasteiger partial charge in [-0.1, -0.05) is 42.5 Å². The number of benzene rings is 2. The molecule has 26 heavy (non-hydrogen) atoms. The summed E-state index contributed by atoms with van der Waals surface area (Å²) in [6.07, 6.45) is 3.11. The van der Waals surface area contributed by atoms with E-state index in [4.69, 9.17) is 4.42 Å². The van der Waals surface area contributed by atoms with E-state index in [2.05, 4.69) is 28.6 Å². The van der Waals surface area contributed by atoms with Crippen molar-refractivity contribution in [3.63, 3.8) is 0 Å². The van der Waals surface area contributed by atoms with Crippen molar-refractivity contribution in [3.05, 3.63) is 71.7 Å². The van der Waals surface area contributed by atoms with Gasteiger partial charge < -0.3 is 15.1 Å². The fourth-order valence-corrected chi connectivity index (χ4v) is 3.16. The van der Waals surface area contributed by atoms with Crippen LogP contribution in [0.15, 0.2) is 59.1 Å². The minimum Gasteiger partial charge on any atom is -0.439 e. The first kappa shape index (κ1) is 16.5. The Morgan fingerprint density at radius 1 is 1.19 bits per heavy atom. The molecular formula is C21H21N3O2. The van der Waals surface area contributed by atoms with Crippen molar-refractivity contribution in [1.82, 2.24) is 10.3 Å². The highest BCUT2D eigenvalue weighted by molar-refractivity contribution is 5.93. The smallest absolute Gasteiger partial charge is 0.224 e.